The molecule has 2 aromatic carbocycles. The number of hydrogen-bond donors (Lipinski definition) is 0. The first-order valence-corrected chi connectivity index (χ1v) is 12.6. The summed E-state index contributed by atoms with van der Waals surface area (Å²) >= 11 is 0. The summed E-state index contributed by atoms with van der Waals surface area (Å²) in [6, 6.07) is 5.78. The number of nitrogens with zero attached hydrogens (tertiary/aromatic N) is 2. The second-order valence-electron chi connectivity index (χ2n) is 9.78. The molecule has 2 aliphatic rings. The third-order valence-electron chi connectivity index (χ3n) is 6.84. The lowest BCUT2D eigenvalue weighted by atomic mass is 10.1. The smallest absolute Gasteiger partial charge is 0.371 e. The number of hydrogen-bond acceptors (Lipinski definition) is 5. The fourth-order valence-corrected chi connectivity index (χ4v) is 4.68. The molecule has 2 saturated heterocycles. The predicted octanol–water partition coefficient (Wildman–Crippen LogP) is 5.99. The van der Waals surface area contributed by atoms with Crippen molar-refractivity contribution >= 4 is 12.4 Å². The summed E-state index contributed by atoms with van der Waals surface area (Å²) in [5.41, 5.74) is 0.323. The first-order chi connectivity index (χ1) is 19.2. The number of ether oxygens (including phenoxy) is 3. The maximum Gasteiger partial charge on any atom is 0.415 e. The van der Waals surface area contributed by atoms with Crippen LogP contribution in [0.25, 0.3) is 0 Å². The minimum absolute atomic E-state index is 0. The Morgan fingerprint density at radius 3 is 1.38 bits per heavy atom. The number of benzene rings is 2. The lowest BCUT2D eigenvalue weighted by Gasteiger charge is -2.38. The van der Waals surface area contributed by atoms with E-state index in [-0.39, 0.29) is 62.9 Å². The van der Waals surface area contributed by atoms with Gasteiger partial charge in [-0.1, -0.05) is 12.1 Å². The van der Waals surface area contributed by atoms with Crippen LogP contribution in [0.2, 0.25) is 0 Å². The Morgan fingerprint density at radius 1 is 0.667 bits per heavy atom. The highest BCUT2D eigenvalue weighted by atomic mass is 35.5. The van der Waals surface area contributed by atoms with Gasteiger partial charge in [0.15, 0.2) is 35.5 Å². The first-order valence-electron chi connectivity index (χ1n) is 12.6. The molecule has 2 aliphatic heterocycles. The van der Waals surface area contributed by atoms with E-state index in [1.165, 1.54) is 21.9 Å². The molecule has 0 saturated carbocycles. The Kier molecular flexibility index (Phi) is 11.5. The molecule has 2 fully saturated rings. The van der Waals surface area contributed by atoms with Gasteiger partial charge in [0, 0.05) is 39.3 Å². The van der Waals surface area contributed by atoms with Gasteiger partial charge in [-0.15, -0.1) is 12.4 Å². The van der Waals surface area contributed by atoms with Crippen LogP contribution < -0.4 is 0 Å². The van der Waals surface area contributed by atoms with Gasteiger partial charge in [0.2, 0.25) is 0 Å². The SMILES string of the molecule is Cl.Fc1ccc([C@H]2CN(C[C@H](O[C@@H](CN3CCO[C@@H](c4ccc(F)c(F)c4)C3)C(F)(F)F)C(F)(F)F)CCO2)cc1F. The van der Waals surface area contributed by atoms with Gasteiger partial charge in [0.25, 0.3) is 0 Å². The summed E-state index contributed by atoms with van der Waals surface area (Å²) < 4.78 is 153. The Labute approximate surface area is 240 Å². The summed E-state index contributed by atoms with van der Waals surface area (Å²) in [6.07, 6.45) is -17.9. The molecule has 0 aliphatic carbocycles. The molecular weight excluding hydrogens is 614 g/mol. The van der Waals surface area contributed by atoms with Crippen molar-refractivity contribution in [1.29, 1.82) is 0 Å². The van der Waals surface area contributed by atoms with Crippen molar-refractivity contribution in [3.8, 4) is 0 Å². The number of alkyl halides is 6. The highest BCUT2D eigenvalue weighted by molar-refractivity contribution is 5.85. The van der Waals surface area contributed by atoms with E-state index in [2.05, 4.69) is 0 Å². The largest absolute Gasteiger partial charge is 0.415 e. The molecule has 0 bridgehead atoms. The van der Waals surface area contributed by atoms with Crippen molar-refractivity contribution in [1.82, 2.24) is 9.80 Å². The van der Waals surface area contributed by atoms with Gasteiger partial charge in [-0.25, -0.2) is 17.6 Å². The lowest BCUT2D eigenvalue weighted by molar-refractivity contribution is -0.292. The molecule has 5 nitrogen and oxygen atoms in total. The third-order valence-corrected chi connectivity index (χ3v) is 6.84. The Bertz CT molecular complexity index is 1100. The van der Waals surface area contributed by atoms with Gasteiger partial charge in [-0.05, 0) is 35.4 Å². The van der Waals surface area contributed by atoms with Gasteiger partial charge in [-0.3, -0.25) is 9.80 Å². The summed E-state index contributed by atoms with van der Waals surface area (Å²) in [5.74, 6) is -4.60. The molecule has 0 spiro atoms. The quantitative estimate of drug-likeness (QED) is 0.332. The van der Waals surface area contributed by atoms with Gasteiger partial charge >= 0.3 is 12.4 Å². The maximum absolute atomic E-state index is 13.9. The van der Waals surface area contributed by atoms with E-state index >= 15 is 0 Å². The molecule has 42 heavy (non-hydrogen) atoms. The van der Waals surface area contributed by atoms with E-state index in [1.54, 1.807) is 0 Å². The molecule has 0 amide bonds. The maximum atomic E-state index is 13.9. The molecule has 16 heteroatoms. The number of halogens is 11. The van der Waals surface area contributed by atoms with E-state index in [1.807, 2.05) is 0 Å². The van der Waals surface area contributed by atoms with Crippen LogP contribution in [0, 0.1) is 23.3 Å². The summed E-state index contributed by atoms with van der Waals surface area (Å²) in [7, 11) is 0. The highest BCUT2D eigenvalue weighted by Crippen LogP contribution is 2.33. The first kappa shape index (κ1) is 34.3. The van der Waals surface area contributed by atoms with Crippen LogP contribution in [0.15, 0.2) is 36.4 Å². The van der Waals surface area contributed by atoms with E-state index in [0.717, 1.165) is 24.3 Å². The average Bonchev–Trinajstić information content (AvgIpc) is 2.90. The summed E-state index contributed by atoms with van der Waals surface area (Å²) in [6.45, 7) is -2.70. The van der Waals surface area contributed by atoms with Gasteiger partial charge in [-0.2, -0.15) is 26.3 Å². The highest BCUT2D eigenvalue weighted by Gasteiger charge is 2.50. The van der Waals surface area contributed by atoms with E-state index < -0.39 is 73.1 Å². The molecule has 236 valence electrons. The minimum Gasteiger partial charge on any atom is -0.371 e. The predicted molar refractivity (Wildman–Crippen MR) is 131 cm³/mol. The Morgan fingerprint density at radius 2 is 1.05 bits per heavy atom. The molecule has 0 radical (unpaired) electrons. The van der Waals surface area contributed by atoms with Crippen molar-refractivity contribution in [3.05, 3.63) is 70.8 Å². The van der Waals surface area contributed by atoms with Crippen LogP contribution in [0.4, 0.5) is 43.9 Å². The van der Waals surface area contributed by atoms with E-state index in [9.17, 15) is 43.9 Å². The molecule has 4 rings (SSSR count). The van der Waals surface area contributed by atoms with E-state index in [0.29, 0.717) is 0 Å². The fourth-order valence-electron chi connectivity index (χ4n) is 4.68. The Hall–Kier alpha value is -2.17. The molecule has 0 aromatic heterocycles. The molecule has 4 atom stereocenters. The molecule has 2 heterocycles. The summed E-state index contributed by atoms with van der Waals surface area (Å²) in [4.78, 5) is 2.38. The van der Waals surface area contributed by atoms with Crippen molar-refractivity contribution in [2.75, 3.05) is 52.5 Å². The fraction of sp³-hybridized carbons (Fsp3) is 0.538. The van der Waals surface area contributed by atoms with Crippen molar-refractivity contribution < 1.29 is 58.1 Å². The topological polar surface area (TPSA) is 34.2 Å². The van der Waals surface area contributed by atoms with Gasteiger partial charge in [0.1, 0.15) is 0 Å². The molecule has 2 aromatic rings. The standard InChI is InChI=1S/C26H26F10N2O3.ClH/c27-17-3-1-15(9-19(17)29)21-11-37(5-7-39-21)13-23(25(31,32)33)41-24(26(34,35)36)14-38-6-8-40-22(12-38)16-2-4-18(28)20(30)10-16;/h1-4,9-10,21-24H,5-8,11-14H2;1H/t21-,22-,23+,24+;/m1./s1. The zero-order valence-electron chi connectivity index (χ0n) is 21.7. The average molecular weight is 641 g/mol. The van der Waals surface area contributed by atoms with Crippen LogP contribution in [-0.2, 0) is 14.2 Å². The van der Waals surface area contributed by atoms with Gasteiger partial charge in [0.05, 0.1) is 25.4 Å². The van der Waals surface area contributed by atoms with Crippen LogP contribution >= 0.6 is 12.4 Å². The minimum atomic E-state index is -5.17. The molecular formula is C26H27ClF10N2O3. The van der Waals surface area contributed by atoms with Crippen molar-refractivity contribution in [2.45, 2.75) is 36.8 Å². The lowest BCUT2D eigenvalue weighted by Crippen LogP contribution is -2.53. The van der Waals surface area contributed by atoms with Crippen LogP contribution in [0.1, 0.15) is 23.3 Å². The number of morpholine rings is 2. The number of rotatable bonds is 8. The zero-order valence-corrected chi connectivity index (χ0v) is 22.6. The van der Waals surface area contributed by atoms with Crippen LogP contribution in [0.3, 0.4) is 0 Å². The van der Waals surface area contributed by atoms with Crippen LogP contribution in [0.5, 0.6) is 0 Å². The van der Waals surface area contributed by atoms with Crippen molar-refractivity contribution in [2.24, 2.45) is 0 Å². The van der Waals surface area contributed by atoms with Gasteiger partial charge < -0.3 is 14.2 Å². The molecule has 0 N–H and O–H groups in total. The van der Waals surface area contributed by atoms with Crippen LogP contribution in [-0.4, -0.2) is 86.8 Å². The zero-order chi connectivity index (χ0) is 29.9. The second kappa shape index (κ2) is 14.1. The monoisotopic (exact) mass is 640 g/mol. The third kappa shape index (κ3) is 8.92. The second-order valence-corrected chi connectivity index (χ2v) is 9.78. The molecule has 0 unspecified atom stereocenters. The summed E-state index contributed by atoms with van der Waals surface area (Å²) in [5, 5.41) is 0. The Balaban J connectivity index is 0.00000484. The van der Waals surface area contributed by atoms with Crippen molar-refractivity contribution in [3.63, 3.8) is 0 Å². The van der Waals surface area contributed by atoms with E-state index in [4.69, 9.17) is 14.2 Å². The normalized spacial score (nSPS) is 22.4.